The number of carbonyl (C=O) groups is 3. The van der Waals surface area contributed by atoms with Crippen molar-refractivity contribution in [1.29, 1.82) is 0 Å². The third-order valence-corrected chi connectivity index (χ3v) is 4.60. The molecule has 3 N–H and O–H groups in total. The Labute approximate surface area is 155 Å². The van der Waals surface area contributed by atoms with Gasteiger partial charge in [0.1, 0.15) is 5.76 Å². The predicted molar refractivity (Wildman–Crippen MR) is 98.1 cm³/mol. The molecule has 0 saturated carbocycles. The molecule has 0 saturated heterocycles. The Balaban J connectivity index is 1.63. The summed E-state index contributed by atoms with van der Waals surface area (Å²) in [5.74, 6) is -1.07. The normalized spacial score (nSPS) is 10.2. The van der Waals surface area contributed by atoms with Crippen LogP contribution in [-0.2, 0) is 20.9 Å². The highest BCUT2D eigenvalue weighted by Gasteiger charge is 2.14. The van der Waals surface area contributed by atoms with E-state index in [0.29, 0.717) is 11.5 Å². The van der Waals surface area contributed by atoms with Crippen molar-refractivity contribution in [2.45, 2.75) is 31.7 Å². The van der Waals surface area contributed by atoms with Gasteiger partial charge in [0.25, 0.3) is 0 Å². The minimum Gasteiger partial charge on any atom is -0.467 e. The molecule has 0 aliphatic heterocycles. The molecule has 0 unspecified atom stereocenters. The number of aryl methyl sites for hydroxylation is 2. The van der Waals surface area contributed by atoms with Crippen LogP contribution in [-0.4, -0.2) is 23.5 Å². The number of hydrogen-bond donors (Lipinski definition) is 3. The largest absolute Gasteiger partial charge is 0.467 e. The van der Waals surface area contributed by atoms with E-state index in [1.54, 1.807) is 23.9 Å². The third-order valence-electron chi connectivity index (χ3n) is 3.60. The van der Waals surface area contributed by atoms with Crippen molar-refractivity contribution in [3.8, 4) is 0 Å². The van der Waals surface area contributed by atoms with E-state index in [1.807, 2.05) is 26.0 Å². The van der Waals surface area contributed by atoms with Crippen molar-refractivity contribution in [3.05, 3.63) is 53.5 Å². The zero-order valence-corrected chi connectivity index (χ0v) is 15.4. The van der Waals surface area contributed by atoms with Crippen molar-refractivity contribution in [3.63, 3.8) is 0 Å². The molecule has 2 rings (SSSR count). The van der Waals surface area contributed by atoms with Crippen LogP contribution in [0.4, 0.5) is 0 Å². The lowest BCUT2D eigenvalue weighted by Crippen LogP contribution is -2.48. The third kappa shape index (κ3) is 6.29. The lowest BCUT2D eigenvalue weighted by atomic mass is 10.1. The van der Waals surface area contributed by atoms with Gasteiger partial charge in [0.05, 0.1) is 12.8 Å². The molecule has 2 aromatic rings. The standard InChI is InChI=1S/C18H21N3O4S/c1-12-5-6-15(10-13(12)2)26-9-7-16(22)20-21-18(24)17(23)19-11-14-4-3-8-25-14/h3-6,8,10H,7,9,11H2,1-2H3,(H,19,23)(H,20,22)(H,21,24). The van der Waals surface area contributed by atoms with E-state index in [4.69, 9.17) is 4.42 Å². The summed E-state index contributed by atoms with van der Waals surface area (Å²) in [6, 6.07) is 9.48. The first-order chi connectivity index (χ1) is 12.5. The molecule has 0 aliphatic rings. The summed E-state index contributed by atoms with van der Waals surface area (Å²) in [6.07, 6.45) is 1.68. The molecule has 1 aromatic heterocycles. The average Bonchev–Trinajstić information content (AvgIpc) is 3.14. The number of carbonyl (C=O) groups excluding carboxylic acids is 3. The van der Waals surface area contributed by atoms with Crippen LogP contribution in [0.25, 0.3) is 0 Å². The van der Waals surface area contributed by atoms with Crippen molar-refractivity contribution in [2.24, 2.45) is 0 Å². The molecule has 0 aliphatic carbocycles. The zero-order valence-electron chi connectivity index (χ0n) is 14.6. The highest BCUT2D eigenvalue weighted by molar-refractivity contribution is 7.99. The Kier molecular flexibility index (Phi) is 7.28. The molecule has 3 amide bonds. The Bertz CT molecular complexity index is 775. The van der Waals surface area contributed by atoms with Crippen LogP contribution >= 0.6 is 11.8 Å². The Morgan fingerprint density at radius 1 is 1.04 bits per heavy atom. The van der Waals surface area contributed by atoms with Crippen LogP contribution in [0.3, 0.4) is 0 Å². The molecule has 0 spiro atoms. The Hall–Kier alpha value is -2.74. The van der Waals surface area contributed by atoms with Gasteiger partial charge in [-0.25, -0.2) is 0 Å². The number of thioether (sulfide) groups is 1. The maximum Gasteiger partial charge on any atom is 0.327 e. The number of benzene rings is 1. The molecule has 7 nitrogen and oxygen atoms in total. The van der Waals surface area contributed by atoms with Crippen LogP contribution in [0.15, 0.2) is 45.9 Å². The lowest BCUT2D eigenvalue weighted by molar-refractivity contribution is -0.141. The number of hydrogen-bond acceptors (Lipinski definition) is 5. The van der Waals surface area contributed by atoms with Gasteiger partial charge in [-0.1, -0.05) is 6.07 Å². The van der Waals surface area contributed by atoms with Gasteiger partial charge < -0.3 is 9.73 Å². The van der Waals surface area contributed by atoms with Crippen LogP contribution < -0.4 is 16.2 Å². The van der Waals surface area contributed by atoms with Gasteiger partial charge in [-0.3, -0.25) is 25.2 Å². The summed E-state index contributed by atoms with van der Waals surface area (Å²) in [7, 11) is 0. The van der Waals surface area contributed by atoms with Crippen molar-refractivity contribution >= 4 is 29.5 Å². The summed E-state index contributed by atoms with van der Waals surface area (Å²) in [5, 5.41) is 2.38. The highest BCUT2D eigenvalue weighted by atomic mass is 32.2. The van der Waals surface area contributed by atoms with Gasteiger partial charge in [0.2, 0.25) is 5.91 Å². The SMILES string of the molecule is Cc1ccc(SCCC(=O)NNC(=O)C(=O)NCc2ccco2)cc1C. The van der Waals surface area contributed by atoms with E-state index in [2.05, 4.69) is 22.2 Å². The number of furan rings is 1. The second-order valence-electron chi connectivity index (χ2n) is 5.61. The van der Waals surface area contributed by atoms with Gasteiger partial charge in [-0.05, 0) is 49.2 Å². The highest BCUT2D eigenvalue weighted by Crippen LogP contribution is 2.21. The molecular formula is C18H21N3O4S. The fourth-order valence-electron chi connectivity index (χ4n) is 1.97. The lowest BCUT2D eigenvalue weighted by Gasteiger charge is -2.08. The van der Waals surface area contributed by atoms with E-state index in [1.165, 1.54) is 17.4 Å². The fourth-order valence-corrected chi connectivity index (χ4v) is 2.92. The second kappa shape index (κ2) is 9.67. The number of amides is 3. The number of nitrogens with one attached hydrogen (secondary N) is 3. The first-order valence-corrected chi connectivity index (χ1v) is 9.03. The molecule has 138 valence electrons. The van der Waals surface area contributed by atoms with Gasteiger partial charge in [-0.15, -0.1) is 11.8 Å². The summed E-state index contributed by atoms with van der Waals surface area (Å²) < 4.78 is 5.04. The van der Waals surface area contributed by atoms with E-state index < -0.39 is 11.8 Å². The summed E-state index contributed by atoms with van der Waals surface area (Å²) >= 11 is 1.56. The quantitative estimate of drug-likeness (QED) is 0.406. The molecule has 0 radical (unpaired) electrons. The maximum absolute atomic E-state index is 11.7. The minimum atomic E-state index is -0.938. The Morgan fingerprint density at radius 3 is 2.54 bits per heavy atom. The second-order valence-corrected chi connectivity index (χ2v) is 6.78. The molecule has 0 fully saturated rings. The van der Waals surface area contributed by atoms with E-state index in [-0.39, 0.29) is 18.9 Å². The van der Waals surface area contributed by atoms with Gasteiger partial charge in [-0.2, -0.15) is 0 Å². The average molecular weight is 375 g/mol. The molecule has 8 heteroatoms. The molecular weight excluding hydrogens is 354 g/mol. The summed E-state index contributed by atoms with van der Waals surface area (Å²) in [5.41, 5.74) is 6.74. The van der Waals surface area contributed by atoms with Gasteiger partial charge >= 0.3 is 11.8 Å². The first kappa shape index (κ1) is 19.6. The van der Waals surface area contributed by atoms with Gasteiger partial charge in [0.15, 0.2) is 0 Å². The van der Waals surface area contributed by atoms with Crippen LogP contribution in [0, 0.1) is 13.8 Å². The monoisotopic (exact) mass is 375 g/mol. The molecule has 1 heterocycles. The van der Waals surface area contributed by atoms with E-state index in [0.717, 1.165) is 4.90 Å². The van der Waals surface area contributed by atoms with Crippen LogP contribution in [0.2, 0.25) is 0 Å². The van der Waals surface area contributed by atoms with Gasteiger partial charge in [0, 0.05) is 17.1 Å². The van der Waals surface area contributed by atoms with E-state index in [9.17, 15) is 14.4 Å². The topological polar surface area (TPSA) is 100 Å². The number of rotatable bonds is 6. The Morgan fingerprint density at radius 2 is 1.85 bits per heavy atom. The van der Waals surface area contributed by atoms with Crippen LogP contribution in [0.5, 0.6) is 0 Å². The molecule has 0 bridgehead atoms. The van der Waals surface area contributed by atoms with Crippen molar-refractivity contribution in [1.82, 2.24) is 16.2 Å². The fraction of sp³-hybridized carbons (Fsp3) is 0.278. The van der Waals surface area contributed by atoms with Crippen molar-refractivity contribution < 1.29 is 18.8 Å². The first-order valence-electron chi connectivity index (χ1n) is 8.05. The summed E-state index contributed by atoms with van der Waals surface area (Å²) in [6.45, 7) is 4.18. The smallest absolute Gasteiger partial charge is 0.327 e. The summed E-state index contributed by atoms with van der Waals surface area (Å²) in [4.78, 5) is 36.0. The van der Waals surface area contributed by atoms with Crippen molar-refractivity contribution in [2.75, 3.05) is 5.75 Å². The molecule has 26 heavy (non-hydrogen) atoms. The maximum atomic E-state index is 11.7. The predicted octanol–water partition coefficient (Wildman–Crippen LogP) is 1.84. The minimum absolute atomic E-state index is 0.0970. The molecule has 0 atom stereocenters. The van der Waals surface area contributed by atoms with E-state index >= 15 is 0 Å². The van der Waals surface area contributed by atoms with Crippen LogP contribution in [0.1, 0.15) is 23.3 Å². The number of hydrazine groups is 1. The molecule has 1 aromatic carbocycles. The zero-order chi connectivity index (χ0) is 18.9.